The van der Waals surface area contributed by atoms with Crippen molar-refractivity contribution in [2.75, 3.05) is 0 Å². The molecule has 5 nitrogen and oxygen atoms in total. The van der Waals surface area contributed by atoms with E-state index in [2.05, 4.69) is 10.3 Å². The summed E-state index contributed by atoms with van der Waals surface area (Å²) >= 11 is 0.941. The van der Waals surface area contributed by atoms with Gasteiger partial charge < -0.3 is 10.4 Å². The number of thioether (sulfide) groups is 1. The molecule has 0 unspecified atom stereocenters. The predicted octanol–water partition coefficient (Wildman–Crippen LogP) is 2.14. The zero-order valence-corrected chi connectivity index (χ0v) is 10.5. The normalized spacial score (nSPS) is 13.8. The second-order valence-electron chi connectivity index (χ2n) is 3.67. The Morgan fingerprint density at radius 1 is 1.53 bits per heavy atom. The van der Waals surface area contributed by atoms with Gasteiger partial charge in [0.15, 0.2) is 0 Å². The largest absolute Gasteiger partial charge is 0.465 e. The van der Waals surface area contributed by atoms with Gasteiger partial charge in [-0.3, -0.25) is 4.79 Å². The molecule has 0 saturated carbocycles. The topological polar surface area (TPSA) is 79.3 Å². The van der Waals surface area contributed by atoms with Crippen LogP contribution >= 0.6 is 11.8 Å². The van der Waals surface area contributed by atoms with Gasteiger partial charge in [-0.1, -0.05) is 13.0 Å². The fraction of sp³-hybridized carbons (Fsp3) is 0.364. The molecule has 1 aromatic heterocycles. The zero-order valence-electron chi connectivity index (χ0n) is 9.64. The first kappa shape index (κ1) is 13.5. The van der Waals surface area contributed by atoms with E-state index in [-0.39, 0.29) is 5.12 Å². The highest BCUT2D eigenvalue weighted by Gasteiger charge is 2.33. The van der Waals surface area contributed by atoms with E-state index in [1.165, 1.54) is 0 Å². The Labute approximate surface area is 104 Å². The van der Waals surface area contributed by atoms with E-state index in [0.717, 1.165) is 11.8 Å². The molecule has 1 aromatic rings. The van der Waals surface area contributed by atoms with E-state index in [1.807, 2.05) is 0 Å². The van der Waals surface area contributed by atoms with Crippen molar-refractivity contribution in [1.82, 2.24) is 10.3 Å². The van der Waals surface area contributed by atoms with Gasteiger partial charge in [-0.25, -0.2) is 9.78 Å². The number of nitrogens with zero attached hydrogens (tertiary/aromatic N) is 1. The van der Waals surface area contributed by atoms with Gasteiger partial charge in [0.2, 0.25) is 5.12 Å². The van der Waals surface area contributed by atoms with Crippen LogP contribution in [0.1, 0.15) is 20.3 Å². The maximum atomic E-state index is 12.0. The van der Waals surface area contributed by atoms with E-state index >= 15 is 0 Å². The minimum absolute atomic E-state index is 0.263. The highest BCUT2D eigenvalue weighted by Crippen LogP contribution is 2.24. The molecular formula is C11H14N2O3S. The molecule has 0 spiro atoms. The van der Waals surface area contributed by atoms with Crippen LogP contribution in [-0.4, -0.2) is 26.8 Å². The quantitative estimate of drug-likeness (QED) is 0.805. The van der Waals surface area contributed by atoms with E-state index in [9.17, 15) is 9.59 Å². The first-order chi connectivity index (χ1) is 7.98. The third-order valence-corrected chi connectivity index (χ3v) is 3.46. The molecule has 1 heterocycles. The fourth-order valence-corrected chi connectivity index (χ4v) is 2.01. The Morgan fingerprint density at radius 3 is 2.71 bits per heavy atom. The average Bonchev–Trinajstić information content (AvgIpc) is 2.29. The van der Waals surface area contributed by atoms with Crippen LogP contribution in [0.2, 0.25) is 0 Å². The molecule has 1 atom stereocenters. The molecule has 0 aliphatic rings. The summed E-state index contributed by atoms with van der Waals surface area (Å²) in [4.78, 5) is 26.7. The second-order valence-corrected chi connectivity index (χ2v) is 4.67. The summed E-state index contributed by atoms with van der Waals surface area (Å²) in [6.07, 6.45) is 0.769. The van der Waals surface area contributed by atoms with Gasteiger partial charge in [-0.15, -0.1) is 0 Å². The molecule has 6 heteroatoms. The van der Waals surface area contributed by atoms with Crippen molar-refractivity contribution in [2.24, 2.45) is 0 Å². The number of carbonyl (C=O) groups is 2. The van der Waals surface area contributed by atoms with Crippen LogP contribution in [0.5, 0.6) is 0 Å². The van der Waals surface area contributed by atoms with Gasteiger partial charge in [0, 0.05) is 6.20 Å². The summed E-state index contributed by atoms with van der Waals surface area (Å²) in [6.45, 7) is 3.33. The van der Waals surface area contributed by atoms with Crippen LogP contribution in [-0.2, 0) is 4.79 Å². The summed E-state index contributed by atoms with van der Waals surface area (Å²) in [7, 11) is 0. The first-order valence-corrected chi connectivity index (χ1v) is 5.94. The van der Waals surface area contributed by atoms with Crippen LogP contribution in [0.15, 0.2) is 29.4 Å². The minimum atomic E-state index is -1.20. The maximum Gasteiger partial charge on any atom is 0.405 e. The summed E-state index contributed by atoms with van der Waals surface area (Å²) < 4.78 is 0. The van der Waals surface area contributed by atoms with Gasteiger partial charge >= 0.3 is 6.09 Å². The van der Waals surface area contributed by atoms with Gasteiger partial charge in [0.1, 0.15) is 10.6 Å². The summed E-state index contributed by atoms with van der Waals surface area (Å²) in [6, 6.07) is 5.24. The molecule has 0 radical (unpaired) electrons. The Balaban J connectivity index is 2.77. The van der Waals surface area contributed by atoms with Gasteiger partial charge in [-0.2, -0.15) is 0 Å². The van der Waals surface area contributed by atoms with Gasteiger partial charge in [0.25, 0.3) is 0 Å². The van der Waals surface area contributed by atoms with Crippen molar-refractivity contribution in [3.8, 4) is 0 Å². The third-order valence-electron chi connectivity index (χ3n) is 2.38. The molecule has 0 saturated heterocycles. The van der Waals surface area contributed by atoms with Crippen molar-refractivity contribution < 1.29 is 14.7 Å². The molecule has 2 N–H and O–H groups in total. The van der Waals surface area contributed by atoms with Crippen molar-refractivity contribution in [1.29, 1.82) is 0 Å². The smallest absolute Gasteiger partial charge is 0.405 e. The highest BCUT2D eigenvalue weighted by molar-refractivity contribution is 8.13. The van der Waals surface area contributed by atoms with E-state index in [0.29, 0.717) is 11.4 Å². The van der Waals surface area contributed by atoms with Crippen LogP contribution in [0.4, 0.5) is 4.79 Å². The van der Waals surface area contributed by atoms with Crippen LogP contribution < -0.4 is 5.32 Å². The molecule has 1 rings (SSSR count). The van der Waals surface area contributed by atoms with Gasteiger partial charge in [-0.05, 0) is 37.2 Å². The number of pyridine rings is 1. The molecule has 0 bridgehead atoms. The van der Waals surface area contributed by atoms with Gasteiger partial charge in [0.05, 0.1) is 0 Å². The number of carboxylic acid groups (broad SMARTS) is 1. The Kier molecular flexibility index (Phi) is 4.51. The Hall–Kier alpha value is -1.56. The van der Waals surface area contributed by atoms with Crippen molar-refractivity contribution in [2.45, 2.75) is 30.8 Å². The lowest BCUT2D eigenvalue weighted by atomic mass is 10.0. The standard InChI is InChI=1S/C11H14N2O3S/c1-3-11(2,13-10(15)16)9(14)17-8-6-4-5-7-12-8/h4-7,13H,3H2,1-2H3,(H,15,16)/t11-/m1/s1. The predicted molar refractivity (Wildman–Crippen MR) is 65.0 cm³/mol. The Morgan fingerprint density at radius 2 is 2.24 bits per heavy atom. The number of nitrogens with one attached hydrogen (secondary N) is 1. The molecule has 0 aliphatic carbocycles. The van der Waals surface area contributed by atoms with E-state index in [4.69, 9.17) is 5.11 Å². The molecule has 0 aromatic carbocycles. The van der Waals surface area contributed by atoms with Crippen molar-refractivity contribution in [3.05, 3.63) is 24.4 Å². The molecule has 1 amide bonds. The maximum absolute atomic E-state index is 12.0. The number of carbonyl (C=O) groups excluding carboxylic acids is 1. The fourth-order valence-electron chi connectivity index (χ4n) is 1.13. The summed E-state index contributed by atoms with van der Waals surface area (Å²) in [5.74, 6) is 0. The third kappa shape index (κ3) is 3.74. The molecule has 0 fully saturated rings. The molecule has 0 aliphatic heterocycles. The van der Waals surface area contributed by atoms with Crippen molar-refractivity contribution in [3.63, 3.8) is 0 Å². The van der Waals surface area contributed by atoms with E-state index in [1.54, 1.807) is 38.2 Å². The van der Waals surface area contributed by atoms with Crippen LogP contribution in [0.3, 0.4) is 0 Å². The summed E-state index contributed by atoms with van der Waals surface area (Å²) in [5.41, 5.74) is -1.09. The number of hydrogen-bond acceptors (Lipinski definition) is 4. The molecular weight excluding hydrogens is 240 g/mol. The number of aromatic nitrogens is 1. The Bertz CT molecular complexity index is 410. The average molecular weight is 254 g/mol. The number of amides is 1. The SMILES string of the molecule is CC[C@@](C)(NC(=O)O)C(=O)Sc1ccccn1. The van der Waals surface area contributed by atoms with E-state index < -0.39 is 11.6 Å². The zero-order chi connectivity index (χ0) is 12.9. The monoisotopic (exact) mass is 254 g/mol. The lowest BCUT2D eigenvalue weighted by molar-refractivity contribution is -0.116. The van der Waals surface area contributed by atoms with Crippen LogP contribution in [0, 0.1) is 0 Å². The number of rotatable bonds is 4. The first-order valence-electron chi connectivity index (χ1n) is 5.12. The second kappa shape index (κ2) is 5.67. The van der Waals surface area contributed by atoms with Crippen molar-refractivity contribution >= 4 is 23.0 Å². The highest BCUT2D eigenvalue weighted by atomic mass is 32.2. The molecule has 17 heavy (non-hydrogen) atoms. The lowest BCUT2D eigenvalue weighted by Gasteiger charge is -2.25. The van der Waals surface area contributed by atoms with Crippen LogP contribution in [0.25, 0.3) is 0 Å². The number of hydrogen-bond donors (Lipinski definition) is 2. The summed E-state index contributed by atoms with van der Waals surface area (Å²) in [5, 5.41) is 11.2. The minimum Gasteiger partial charge on any atom is -0.465 e. The lowest BCUT2D eigenvalue weighted by Crippen LogP contribution is -2.50. The molecule has 92 valence electrons.